The zero-order valence-corrected chi connectivity index (χ0v) is 9.17. The lowest BCUT2D eigenvalue weighted by atomic mass is 10.3. The molecule has 5 heteroatoms. The third-order valence-corrected chi connectivity index (χ3v) is 2.01. The zero-order valence-electron chi connectivity index (χ0n) is 9.17. The van der Waals surface area contributed by atoms with Crippen LogP contribution in [0.4, 0.5) is 5.82 Å². The van der Waals surface area contributed by atoms with E-state index >= 15 is 0 Å². The second-order valence-corrected chi connectivity index (χ2v) is 3.37. The van der Waals surface area contributed by atoms with E-state index in [1.54, 1.807) is 12.3 Å². The van der Waals surface area contributed by atoms with Gasteiger partial charge in [0.05, 0.1) is 7.11 Å². The predicted octanol–water partition coefficient (Wildman–Crippen LogP) is 0.864. The summed E-state index contributed by atoms with van der Waals surface area (Å²) in [6.45, 7) is 4.18. The molecule has 5 nitrogen and oxygen atoms in total. The Labute approximate surface area is 89.1 Å². The predicted molar refractivity (Wildman–Crippen MR) is 56.5 cm³/mol. The molecular formula is C10H15N3O2. The van der Waals surface area contributed by atoms with Crippen molar-refractivity contribution >= 4 is 11.8 Å². The molecule has 0 saturated heterocycles. The Hall–Kier alpha value is -1.65. The molecule has 1 aromatic heterocycles. The van der Waals surface area contributed by atoms with Crippen molar-refractivity contribution in [3.63, 3.8) is 0 Å². The average Bonchev–Trinajstić information content (AvgIpc) is 2.26. The molecule has 0 aliphatic rings. The second kappa shape index (κ2) is 5.29. The van der Waals surface area contributed by atoms with Gasteiger partial charge in [0.25, 0.3) is 0 Å². The Morgan fingerprint density at radius 1 is 1.60 bits per heavy atom. The maximum Gasteiger partial charge on any atom is 0.325 e. The molecule has 0 aromatic carbocycles. The minimum Gasteiger partial charge on any atom is -0.468 e. The van der Waals surface area contributed by atoms with E-state index in [0.717, 1.165) is 5.82 Å². The van der Waals surface area contributed by atoms with Crippen molar-refractivity contribution in [3.05, 3.63) is 18.6 Å². The van der Waals surface area contributed by atoms with Gasteiger partial charge in [-0.1, -0.05) is 0 Å². The van der Waals surface area contributed by atoms with Crippen LogP contribution in [0.25, 0.3) is 0 Å². The van der Waals surface area contributed by atoms with E-state index in [9.17, 15) is 4.79 Å². The van der Waals surface area contributed by atoms with E-state index in [4.69, 9.17) is 0 Å². The molecule has 0 radical (unpaired) electrons. The number of carbonyl (C=O) groups is 1. The Bertz CT molecular complexity index is 314. The lowest BCUT2D eigenvalue weighted by Crippen LogP contribution is -2.36. The molecule has 82 valence electrons. The van der Waals surface area contributed by atoms with Crippen molar-refractivity contribution < 1.29 is 9.53 Å². The highest BCUT2D eigenvalue weighted by Gasteiger charge is 2.15. The molecule has 0 aliphatic carbocycles. The van der Waals surface area contributed by atoms with Gasteiger partial charge in [0.1, 0.15) is 18.7 Å². The Morgan fingerprint density at radius 3 is 2.80 bits per heavy atom. The molecule has 0 fully saturated rings. The van der Waals surface area contributed by atoms with Crippen LogP contribution in [0.15, 0.2) is 18.6 Å². The highest BCUT2D eigenvalue weighted by molar-refractivity contribution is 5.75. The average molecular weight is 209 g/mol. The summed E-state index contributed by atoms with van der Waals surface area (Å²) in [4.78, 5) is 21.0. The number of ether oxygens (including phenoxy) is 1. The van der Waals surface area contributed by atoms with Crippen LogP contribution in [0.2, 0.25) is 0 Å². The van der Waals surface area contributed by atoms with Crippen LogP contribution in [-0.4, -0.2) is 35.6 Å². The highest BCUT2D eigenvalue weighted by Crippen LogP contribution is 2.11. The fraction of sp³-hybridized carbons (Fsp3) is 0.500. The van der Waals surface area contributed by atoms with E-state index < -0.39 is 0 Å². The summed E-state index contributed by atoms with van der Waals surface area (Å²) < 4.78 is 4.63. The number of esters is 1. The fourth-order valence-corrected chi connectivity index (χ4v) is 1.19. The third-order valence-electron chi connectivity index (χ3n) is 2.01. The van der Waals surface area contributed by atoms with Crippen LogP contribution < -0.4 is 4.90 Å². The van der Waals surface area contributed by atoms with Gasteiger partial charge in [-0.3, -0.25) is 4.79 Å². The summed E-state index contributed by atoms with van der Waals surface area (Å²) in [5.41, 5.74) is 0. The van der Waals surface area contributed by atoms with Crippen molar-refractivity contribution in [2.45, 2.75) is 19.9 Å². The molecule has 0 saturated carbocycles. The molecule has 0 N–H and O–H groups in total. The Kier molecular flexibility index (Phi) is 4.03. The summed E-state index contributed by atoms with van der Waals surface area (Å²) in [5, 5.41) is 0. The number of aromatic nitrogens is 2. The van der Waals surface area contributed by atoms with Crippen molar-refractivity contribution in [1.29, 1.82) is 0 Å². The molecule has 0 spiro atoms. The van der Waals surface area contributed by atoms with Crippen LogP contribution in [0.3, 0.4) is 0 Å². The van der Waals surface area contributed by atoms with Gasteiger partial charge in [0.15, 0.2) is 0 Å². The van der Waals surface area contributed by atoms with Crippen molar-refractivity contribution in [1.82, 2.24) is 9.97 Å². The molecule has 0 atom stereocenters. The number of carbonyl (C=O) groups excluding carboxylic acids is 1. The van der Waals surface area contributed by atoms with E-state index in [1.807, 2.05) is 18.7 Å². The summed E-state index contributed by atoms with van der Waals surface area (Å²) in [5.74, 6) is 0.452. The molecular weight excluding hydrogens is 194 g/mol. The Balaban J connectivity index is 2.79. The van der Waals surface area contributed by atoms with Gasteiger partial charge in [0, 0.05) is 12.2 Å². The van der Waals surface area contributed by atoms with Crippen LogP contribution in [0.5, 0.6) is 0 Å². The topological polar surface area (TPSA) is 55.3 Å². The van der Waals surface area contributed by atoms with Crippen molar-refractivity contribution in [2.75, 3.05) is 18.6 Å². The smallest absolute Gasteiger partial charge is 0.325 e. The first kappa shape index (κ1) is 11.4. The van der Waals surface area contributed by atoms with E-state index in [1.165, 1.54) is 13.4 Å². The van der Waals surface area contributed by atoms with Crippen LogP contribution in [0.1, 0.15) is 13.8 Å². The lowest BCUT2D eigenvalue weighted by Gasteiger charge is -2.26. The molecule has 0 bridgehead atoms. The molecule has 0 unspecified atom stereocenters. The van der Waals surface area contributed by atoms with Gasteiger partial charge in [-0.05, 0) is 19.9 Å². The van der Waals surface area contributed by atoms with Gasteiger partial charge in [-0.25, -0.2) is 9.97 Å². The second-order valence-electron chi connectivity index (χ2n) is 3.37. The number of hydrogen-bond acceptors (Lipinski definition) is 5. The quantitative estimate of drug-likeness (QED) is 0.688. The minimum atomic E-state index is -0.276. The third kappa shape index (κ3) is 3.19. The first-order valence-corrected chi connectivity index (χ1v) is 4.74. The minimum absolute atomic E-state index is 0.180. The normalized spacial score (nSPS) is 10.1. The molecule has 0 aliphatic heterocycles. The lowest BCUT2D eigenvalue weighted by molar-refractivity contribution is -0.139. The molecule has 0 amide bonds. The number of hydrogen-bond donors (Lipinski definition) is 0. The van der Waals surface area contributed by atoms with Crippen LogP contribution in [-0.2, 0) is 9.53 Å². The van der Waals surface area contributed by atoms with Gasteiger partial charge in [0.2, 0.25) is 0 Å². The number of nitrogens with zero attached hydrogens (tertiary/aromatic N) is 3. The van der Waals surface area contributed by atoms with E-state index in [2.05, 4.69) is 14.7 Å². The first-order chi connectivity index (χ1) is 7.15. The van der Waals surface area contributed by atoms with Gasteiger partial charge < -0.3 is 9.64 Å². The van der Waals surface area contributed by atoms with Crippen molar-refractivity contribution in [2.24, 2.45) is 0 Å². The monoisotopic (exact) mass is 209 g/mol. The number of rotatable bonds is 4. The Morgan fingerprint density at radius 2 is 2.33 bits per heavy atom. The number of anilines is 1. The maximum atomic E-state index is 11.2. The number of methoxy groups -OCH3 is 1. The summed E-state index contributed by atoms with van der Waals surface area (Å²) in [6, 6.07) is 1.95. The van der Waals surface area contributed by atoms with Crippen LogP contribution in [0, 0.1) is 0 Å². The first-order valence-electron chi connectivity index (χ1n) is 4.74. The molecule has 1 heterocycles. The zero-order chi connectivity index (χ0) is 11.3. The van der Waals surface area contributed by atoms with Gasteiger partial charge in [-0.15, -0.1) is 0 Å². The fourth-order valence-electron chi connectivity index (χ4n) is 1.19. The van der Waals surface area contributed by atoms with Gasteiger partial charge in [-0.2, -0.15) is 0 Å². The summed E-state index contributed by atoms with van der Waals surface area (Å²) in [7, 11) is 1.38. The van der Waals surface area contributed by atoms with E-state index in [-0.39, 0.29) is 18.6 Å². The maximum absolute atomic E-state index is 11.2. The summed E-state index contributed by atoms with van der Waals surface area (Å²) in [6.07, 6.45) is 3.11. The van der Waals surface area contributed by atoms with E-state index in [0.29, 0.717) is 0 Å². The van der Waals surface area contributed by atoms with Gasteiger partial charge >= 0.3 is 5.97 Å². The van der Waals surface area contributed by atoms with Crippen molar-refractivity contribution in [3.8, 4) is 0 Å². The molecule has 1 rings (SSSR count). The molecule has 1 aromatic rings. The largest absolute Gasteiger partial charge is 0.468 e. The highest BCUT2D eigenvalue weighted by atomic mass is 16.5. The summed E-state index contributed by atoms with van der Waals surface area (Å²) >= 11 is 0. The molecule has 15 heavy (non-hydrogen) atoms. The standard InChI is InChI=1S/C10H15N3O2/c1-8(2)13(6-10(14)15-3)9-4-5-11-7-12-9/h4-5,7-8H,6H2,1-3H3. The van der Waals surface area contributed by atoms with Crippen LogP contribution >= 0.6 is 0 Å². The SMILES string of the molecule is COC(=O)CN(c1ccncn1)C(C)C.